The van der Waals surface area contributed by atoms with Crippen molar-refractivity contribution in [3.05, 3.63) is 22.1 Å². The third-order valence-corrected chi connectivity index (χ3v) is 2.07. The fraction of sp³-hybridized carbons (Fsp3) is 0.714. The van der Waals surface area contributed by atoms with E-state index in [1.807, 2.05) is 4.90 Å². The highest BCUT2D eigenvalue weighted by Gasteiger charge is 2.14. The van der Waals surface area contributed by atoms with Crippen molar-refractivity contribution in [1.29, 1.82) is 0 Å². The minimum absolute atomic E-state index is 0.393. The Balaban J connectivity index is 2.58. The van der Waals surface area contributed by atoms with Crippen LogP contribution >= 0.6 is 0 Å². The molecule has 0 bridgehead atoms. The number of rotatable bonds is 3. The molecule has 0 radical (unpaired) electrons. The van der Waals surface area contributed by atoms with E-state index in [-0.39, 0.29) is 0 Å². The molecule has 0 aromatic carbocycles. The Hall–Kier alpha value is -1.30. The molecule has 0 aromatic rings. The highest BCUT2D eigenvalue weighted by Crippen LogP contribution is 2.12. The maximum atomic E-state index is 10.2. The summed E-state index contributed by atoms with van der Waals surface area (Å²) in [4.78, 5) is 11.6. The number of nitrogens with zero attached hydrogens (tertiary/aromatic N) is 2. The summed E-state index contributed by atoms with van der Waals surface area (Å²) in [6, 6.07) is 0. The van der Waals surface area contributed by atoms with Crippen LogP contribution in [0.2, 0.25) is 0 Å². The molecule has 0 saturated carbocycles. The van der Waals surface area contributed by atoms with Crippen molar-refractivity contribution in [2.75, 3.05) is 13.1 Å². The SMILES string of the molecule is NNC(=C[N+](=O)[O-])N1CCCCC1. The summed E-state index contributed by atoms with van der Waals surface area (Å²) < 4.78 is 0. The standard InChI is InChI=1S/C7H14N4O2/c8-9-7(6-11(12)13)10-4-2-1-3-5-10/h6,9H,1-5,8H2. The van der Waals surface area contributed by atoms with Crippen molar-refractivity contribution in [1.82, 2.24) is 10.3 Å². The van der Waals surface area contributed by atoms with E-state index < -0.39 is 4.92 Å². The van der Waals surface area contributed by atoms with Gasteiger partial charge in [0, 0.05) is 13.1 Å². The Bertz CT molecular complexity index is 211. The summed E-state index contributed by atoms with van der Waals surface area (Å²) in [5.41, 5.74) is 2.35. The van der Waals surface area contributed by atoms with Crippen molar-refractivity contribution < 1.29 is 4.92 Å². The molecular weight excluding hydrogens is 172 g/mol. The van der Waals surface area contributed by atoms with Gasteiger partial charge in [-0.3, -0.25) is 10.1 Å². The fourth-order valence-corrected chi connectivity index (χ4v) is 1.44. The molecular formula is C7H14N4O2. The number of likely N-dealkylation sites (tertiary alicyclic amines) is 1. The number of hydrogen-bond acceptors (Lipinski definition) is 5. The molecule has 6 nitrogen and oxygen atoms in total. The molecule has 0 amide bonds. The predicted octanol–water partition coefficient (Wildman–Crippen LogP) is 0.0112. The second kappa shape index (κ2) is 4.66. The molecule has 1 rings (SSSR count). The monoisotopic (exact) mass is 186 g/mol. The van der Waals surface area contributed by atoms with Crippen LogP contribution in [0.25, 0.3) is 0 Å². The van der Waals surface area contributed by atoms with Crippen LogP contribution in [0.4, 0.5) is 0 Å². The van der Waals surface area contributed by atoms with Gasteiger partial charge >= 0.3 is 0 Å². The predicted molar refractivity (Wildman–Crippen MR) is 47.8 cm³/mol. The summed E-state index contributed by atoms with van der Waals surface area (Å²) in [7, 11) is 0. The maximum absolute atomic E-state index is 10.2. The Morgan fingerprint density at radius 2 is 2.08 bits per heavy atom. The lowest BCUT2D eigenvalue weighted by Gasteiger charge is -2.28. The van der Waals surface area contributed by atoms with Crippen LogP contribution in [-0.4, -0.2) is 22.9 Å². The molecule has 1 aliphatic heterocycles. The Morgan fingerprint density at radius 3 is 2.54 bits per heavy atom. The van der Waals surface area contributed by atoms with Gasteiger partial charge in [-0.05, 0) is 19.3 Å². The van der Waals surface area contributed by atoms with E-state index in [0.29, 0.717) is 5.82 Å². The Labute approximate surface area is 76.5 Å². The van der Waals surface area contributed by atoms with Gasteiger partial charge in [-0.15, -0.1) is 0 Å². The van der Waals surface area contributed by atoms with Crippen LogP contribution in [0.1, 0.15) is 19.3 Å². The number of nitro groups is 1. The van der Waals surface area contributed by atoms with Gasteiger partial charge in [0.25, 0.3) is 6.20 Å². The molecule has 1 saturated heterocycles. The molecule has 6 heteroatoms. The molecule has 0 aliphatic carbocycles. The fourth-order valence-electron chi connectivity index (χ4n) is 1.44. The summed E-state index contributed by atoms with van der Waals surface area (Å²) in [6.07, 6.45) is 4.23. The first-order chi connectivity index (χ1) is 6.24. The number of hydrogen-bond donors (Lipinski definition) is 2. The highest BCUT2D eigenvalue weighted by atomic mass is 16.6. The van der Waals surface area contributed by atoms with Gasteiger partial charge in [-0.2, -0.15) is 0 Å². The minimum atomic E-state index is -0.496. The van der Waals surface area contributed by atoms with Crippen LogP contribution in [0.5, 0.6) is 0 Å². The molecule has 13 heavy (non-hydrogen) atoms. The quantitative estimate of drug-likeness (QED) is 0.368. The maximum Gasteiger partial charge on any atom is 0.275 e. The molecule has 1 aliphatic rings. The van der Waals surface area contributed by atoms with Gasteiger partial charge in [0.2, 0.25) is 0 Å². The molecule has 1 fully saturated rings. The zero-order valence-electron chi connectivity index (χ0n) is 7.40. The normalized spacial score (nSPS) is 18.5. The molecule has 3 N–H and O–H groups in total. The largest absolute Gasteiger partial charge is 0.352 e. The highest BCUT2D eigenvalue weighted by molar-refractivity contribution is 4.93. The van der Waals surface area contributed by atoms with Crippen LogP contribution < -0.4 is 11.3 Å². The minimum Gasteiger partial charge on any atom is -0.352 e. The van der Waals surface area contributed by atoms with E-state index in [9.17, 15) is 10.1 Å². The first-order valence-corrected chi connectivity index (χ1v) is 4.31. The van der Waals surface area contributed by atoms with Crippen LogP contribution in [0.3, 0.4) is 0 Å². The molecule has 74 valence electrons. The molecule has 0 atom stereocenters. The third kappa shape index (κ3) is 2.90. The van der Waals surface area contributed by atoms with Gasteiger partial charge in [0.15, 0.2) is 5.82 Å². The van der Waals surface area contributed by atoms with Crippen LogP contribution in [0, 0.1) is 10.1 Å². The van der Waals surface area contributed by atoms with E-state index in [4.69, 9.17) is 5.84 Å². The number of hydrazine groups is 1. The molecule has 0 spiro atoms. The zero-order valence-corrected chi connectivity index (χ0v) is 7.40. The van der Waals surface area contributed by atoms with E-state index in [1.54, 1.807) is 0 Å². The smallest absolute Gasteiger partial charge is 0.275 e. The van der Waals surface area contributed by atoms with Gasteiger partial charge in [-0.1, -0.05) is 0 Å². The van der Waals surface area contributed by atoms with Gasteiger partial charge in [-0.25, -0.2) is 5.84 Å². The second-order valence-corrected chi connectivity index (χ2v) is 2.99. The summed E-state index contributed by atoms with van der Waals surface area (Å²) in [5.74, 6) is 5.58. The van der Waals surface area contributed by atoms with Crippen molar-refractivity contribution in [2.45, 2.75) is 19.3 Å². The summed E-state index contributed by atoms with van der Waals surface area (Å²) in [6.45, 7) is 1.67. The van der Waals surface area contributed by atoms with Gasteiger partial charge in [0.05, 0.1) is 4.92 Å². The number of nitrogens with one attached hydrogen (secondary N) is 1. The van der Waals surface area contributed by atoms with E-state index >= 15 is 0 Å². The third-order valence-electron chi connectivity index (χ3n) is 2.07. The average molecular weight is 186 g/mol. The van der Waals surface area contributed by atoms with E-state index in [0.717, 1.165) is 32.1 Å². The van der Waals surface area contributed by atoms with E-state index in [1.165, 1.54) is 6.42 Å². The number of piperidine rings is 1. The van der Waals surface area contributed by atoms with Crippen molar-refractivity contribution in [2.24, 2.45) is 5.84 Å². The van der Waals surface area contributed by atoms with Gasteiger partial charge in [0.1, 0.15) is 0 Å². The first kappa shape index (κ1) is 9.79. The average Bonchev–Trinajstić information content (AvgIpc) is 2.15. The Morgan fingerprint density at radius 1 is 1.46 bits per heavy atom. The Kier molecular flexibility index (Phi) is 3.51. The topological polar surface area (TPSA) is 84.4 Å². The summed E-state index contributed by atoms with van der Waals surface area (Å²) >= 11 is 0. The molecule has 0 unspecified atom stereocenters. The van der Waals surface area contributed by atoms with E-state index in [2.05, 4.69) is 5.43 Å². The zero-order chi connectivity index (χ0) is 9.68. The van der Waals surface area contributed by atoms with Gasteiger partial charge < -0.3 is 10.3 Å². The van der Waals surface area contributed by atoms with Crippen molar-refractivity contribution >= 4 is 0 Å². The van der Waals surface area contributed by atoms with Crippen molar-refractivity contribution in [3.63, 3.8) is 0 Å². The second-order valence-electron chi connectivity index (χ2n) is 2.99. The lowest BCUT2D eigenvalue weighted by molar-refractivity contribution is -0.404. The lowest BCUT2D eigenvalue weighted by Crippen LogP contribution is -2.39. The van der Waals surface area contributed by atoms with Crippen LogP contribution in [-0.2, 0) is 0 Å². The first-order valence-electron chi connectivity index (χ1n) is 4.31. The van der Waals surface area contributed by atoms with Crippen molar-refractivity contribution in [3.8, 4) is 0 Å². The molecule has 1 heterocycles. The lowest BCUT2D eigenvalue weighted by atomic mass is 10.1. The van der Waals surface area contributed by atoms with Crippen LogP contribution in [0.15, 0.2) is 12.0 Å². The summed E-state index contributed by atoms with van der Waals surface area (Å²) in [5, 5.41) is 10.2. The number of nitrogens with two attached hydrogens (primary N) is 1. The molecule has 0 aromatic heterocycles.